The molecule has 2 fully saturated rings. The van der Waals surface area contributed by atoms with Gasteiger partial charge in [0.15, 0.2) is 0 Å². The Kier molecular flexibility index (Phi) is 5.97. The van der Waals surface area contributed by atoms with E-state index in [1.54, 1.807) is 0 Å². The maximum Gasteiger partial charge on any atom is 0.243 e. The van der Waals surface area contributed by atoms with Crippen molar-refractivity contribution in [3.8, 4) is 0 Å². The summed E-state index contributed by atoms with van der Waals surface area (Å²) in [4.78, 5) is 12.7. The number of nitrogens with one attached hydrogen (secondary N) is 1. The summed E-state index contributed by atoms with van der Waals surface area (Å²) in [7, 11) is -3.70. The third kappa shape index (κ3) is 4.43. The summed E-state index contributed by atoms with van der Waals surface area (Å²) in [5.74, 6) is -0.211. The van der Waals surface area contributed by atoms with Crippen molar-refractivity contribution in [2.75, 3.05) is 13.1 Å². The van der Waals surface area contributed by atoms with Crippen molar-refractivity contribution >= 4 is 15.9 Å². The summed E-state index contributed by atoms with van der Waals surface area (Å²) >= 11 is 0. The van der Waals surface area contributed by atoms with Gasteiger partial charge in [-0.2, -0.15) is 4.31 Å². The topological polar surface area (TPSA) is 66.5 Å². The molecule has 1 saturated heterocycles. The van der Waals surface area contributed by atoms with Crippen LogP contribution in [0.25, 0.3) is 0 Å². The van der Waals surface area contributed by atoms with Gasteiger partial charge in [0.1, 0.15) is 5.82 Å². The summed E-state index contributed by atoms with van der Waals surface area (Å²) in [5.41, 5.74) is 0. The fourth-order valence-electron chi connectivity index (χ4n) is 4.01. The Balaban J connectivity index is 1.64. The molecule has 7 heteroatoms. The Bertz CT molecular complexity index is 736. The zero-order valence-corrected chi connectivity index (χ0v) is 16.0. The summed E-state index contributed by atoms with van der Waals surface area (Å²) in [6.07, 6.45) is 5.68. The van der Waals surface area contributed by atoms with Crippen molar-refractivity contribution in [1.82, 2.24) is 9.62 Å². The van der Waals surface area contributed by atoms with Crippen LogP contribution in [0.5, 0.6) is 0 Å². The van der Waals surface area contributed by atoms with E-state index in [2.05, 4.69) is 12.2 Å². The molecule has 0 aromatic heterocycles. The Morgan fingerprint density at radius 3 is 2.58 bits per heavy atom. The van der Waals surface area contributed by atoms with Crippen molar-refractivity contribution in [1.29, 1.82) is 0 Å². The third-order valence-electron chi connectivity index (χ3n) is 5.49. The molecular formula is C19H27FN2O3S. The number of carbonyl (C=O) groups is 1. The van der Waals surface area contributed by atoms with Gasteiger partial charge >= 0.3 is 0 Å². The highest BCUT2D eigenvalue weighted by atomic mass is 32.2. The highest BCUT2D eigenvalue weighted by molar-refractivity contribution is 7.89. The smallest absolute Gasteiger partial charge is 0.243 e. The first-order valence-corrected chi connectivity index (χ1v) is 10.9. The van der Waals surface area contributed by atoms with E-state index in [9.17, 15) is 17.6 Å². The zero-order chi connectivity index (χ0) is 18.7. The molecule has 1 aromatic rings. The lowest BCUT2D eigenvalue weighted by molar-refractivity contribution is -0.127. The van der Waals surface area contributed by atoms with E-state index < -0.39 is 15.8 Å². The average Bonchev–Trinajstić information content (AvgIpc) is 2.62. The summed E-state index contributed by atoms with van der Waals surface area (Å²) in [5, 5.41) is 3.13. The third-order valence-corrected chi connectivity index (χ3v) is 7.37. The Morgan fingerprint density at radius 1 is 1.15 bits per heavy atom. The standard InChI is InChI=1S/C19H27FN2O3S/c1-14-4-2-6-17(12-14)21-19(23)15-5-3-11-22(13-15)26(24,25)18-9-7-16(20)8-10-18/h7-10,14-15,17H,2-6,11-13H2,1H3,(H,21,23). The van der Waals surface area contributed by atoms with E-state index in [1.807, 2.05) is 0 Å². The number of nitrogens with zero attached hydrogens (tertiary/aromatic N) is 1. The van der Waals surface area contributed by atoms with Crippen LogP contribution in [0.2, 0.25) is 0 Å². The lowest BCUT2D eigenvalue weighted by Crippen LogP contribution is -2.48. The van der Waals surface area contributed by atoms with Crippen LogP contribution < -0.4 is 5.32 Å². The number of rotatable bonds is 4. The van der Waals surface area contributed by atoms with E-state index >= 15 is 0 Å². The van der Waals surface area contributed by atoms with Crippen LogP contribution in [0.4, 0.5) is 4.39 Å². The van der Waals surface area contributed by atoms with Gasteiger partial charge in [-0.1, -0.05) is 19.8 Å². The molecule has 1 heterocycles. The minimum Gasteiger partial charge on any atom is -0.353 e. The SMILES string of the molecule is CC1CCCC(NC(=O)C2CCCN(S(=O)(=O)c3ccc(F)cc3)C2)C1. The second kappa shape index (κ2) is 8.05. The average molecular weight is 383 g/mol. The molecule has 1 aliphatic heterocycles. The fourth-order valence-corrected chi connectivity index (χ4v) is 5.54. The number of piperidine rings is 1. The molecule has 1 aromatic carbocycles. The van der Waals surface area contributed by atoms with Crippen molar-refractivity contribution in [2.45, 2.75) is 56.4 Å². The van der Waals surface area contributed by atoms with Gasteiger partial charge in [0, 0.05) is 19.1 Å². The molecule has 144 valence electrons. The minimum absolute atomic E-state index is 0.0388. The lowest BCUT2D eigenvalue weighted by Gasteiger charge is -2.33. The predicted octanol–water partition coefficient (Wildman–Crippen LogP) is 2.92. The highest BCUT2D eigenvalue weighted by Gasteiger charge is 2.34. The van der Waals surface area contributed by atoms with E-state index in [-0.39, 0.29) is 29.3 Å². The molecular weight excluding hydrogens is 355 g/mol. The normalized spacial score (nSPS) is 27.8. The zero-order valence-electron chi connectivity index (χ0n) is 15.2. The maximum absolute atomic E-state index is 13.1. The first-order valence-electron chi connectivity index (χ1n) is 9.42. The van der Waals surface area contributed by atoms with Gasteiger partial charge in [0.05, 0.1) is 10.8 Å². The molecule has 3 rings (SSSR count). The molecule has 0 spiro atoms. The molecule has 1 N–H and O–H groups in total. The summed E-state index contributed by atoms with van der Waals surface area (Å²) in [6.45, 7) is 2.79. The van der Waals surface area contributed by atoms with Gasteiger partial charge in [-0.05, 0) is 55.9 Å². The molecule has 26 heavy (non-hydrogen) atoms. The number of amides is 1. The Hall–Kier alpha value is -1.47. The van der Waals surface area contributed by atoms with Crippen LogP contribution in [0, 0.1) is 17.7 Å². The molecule has 3 unspecified atom stereocenters. The largest absolute Gasteiger partial charge is 0.353 e. The minimum atomic E-state index is -3.70. The molecule has 5 nitrogen and oxygen atoms in total. The number of halogens is 1. The molecule has 1 saturated carbocycles. The molecule has 2 aliphatic rings. The first-order chi connectivity index (χ1) is 12.4. The first kappa shape index (κ1) is 19.3. The van der Waals surface area contributed by atoms with E-state index in [4.69, 9.17) is 0 Å². The van der Waals surface area contributed by atoms with Gasteiger partial charge < -0.3 is 5.32 Å². The molecule has 1 aliphatic carbocycles. The van der Waals surface area contributed by atoms with Gasteiger partial charge in [-0.3, -0.25) is 4.79 Å². The quantitative estimate of drug-likeness (QED) is 0.871. The Morgan fingerprint density at radius 2 is 1.88 bits per heavy atom. The van der Waals surface area contributed by atoms with Gasteiger partial charge in [-0.25, -0.2) is 12.8 Å². The van der Waals surface area contributed by atoms with Crippen LogP contribution in [0.1, 0.15) is 45.4 Å². The maximum atomic E-state index is 13.1. The van der Waals surface area contributed by atoms with Crippen LogP contribution in [-0.2, 0) is 14.8 Å². The number of hydrogen-bond donors (Lipinski definition) is 1. The molecule has 1 amide bonds. The van der Waals surface area contributed by atoms with E-state index in [0.29, 0.717) is 25.3 Å². The predicted molar refractivity (Wildman–Crippen MR) is 97.4 cm³/mol. The van der Waals surface area contributed by atoms with Crippen LogP contribution in [-0.4, -0.2) is 37.8 Å². The number of sulfonamides is 1. The molecule has 0 radical (unpaired) electrons. The lowest BCUT2D eigenvalue weighted by atomic mass is 9.86. The van der Waals surface area contributed by atoms with E-state index in [1.165, 1.54) is 22.9 Å². The van der Waals surface area contributed by atoms with Crippen molar-refractivity contribution in [2.24, 2.45) is 11.8 Å². The van der Waals surface area contributed by atoms with Crippen molar-refractivity contribution in [3.05, 3.63) is 30.1 Å². The van der Waals surface area contributed by atoms with Crippen LogP contribution >= 0.6 is 0 Å². The monoisotopic (exact) mass is 382 g/mol. The second-order valence-electron chi connectivity index (χ2n) is 7.63. The second-order valence-corrected chi connectivity index (χ2v) is 9.57. The summed E-state index contributed by atoms with van der Waals surface area (Å²) in [6, 6.07) is 5.04. The van der Waals surface area contributed by atoms with Gasteiger partial charge in [-0.15, -0.1) is 0 Å². The van der Waals surface area contributed by atoms with Gasteiger partial charge in [0.2, 0.25) is 15.9 Å². The highest BCUT2D eigenvalue weighted by Crippen LogP contribution is 2.26. The van der Waals surface area contributed by atoms with Gasteiger partial charge in [0.25, 0.3) is 0 Å². The van der Waals surface area contributed by atoms with Crippen molar-refractivity contribution < 1.29 is 17.6 Å². The molecule has 3 atom stereocenters. The number of hydrogen-bond acceptors (Lipinski definition) is 3. The Labute approximate surface area is 155 Å². The fraction of sp³-hybridized carbons (Fsp3) is 0.632. The van der Waals surface area contributed by atoms with Crippen LogP contribution in [0.3, 0.4) is 0 Å². The summed E-state index contributed by atoms with van der Waals surface area (Å²) < 4.78 is 40.0. The van der Waals surface area contributed by atoms with E-state index in [0.717, 1.165) is 31.4 Å². The molecule has 0 bridgehead atoms. The van der Waals surface area contributed by atoms with Crippen LogP contribution in [0.15, 0.2) is 29.2 Å². The number of benzene rings is 1. The number of carbonyl (C=O) groups excluding carboxylic acids is 1. The van der Waals surface area contributed by atoms with Crippen molar-refractivity contribution in [3.63, 3.8) is 0 Å².